The molecule has 2 N–H and O–H groups in total. The van der Waals surface area contributed by atoms with Crippen LogP contribution in [0.15, 0.2) is 24.3 Å². The fraction of sp³-hybridized carbons (Fsp3) is 0.462. The summed E-state index contributed by atoms with van der Waals surface area (Å²) in [5, 5.41) is 0. The molecule has 0 spiro atoms. The van der Waals surface area contributed by atoms with Crippen molar-refractivity contribution in [3.63, 3.8) is 0 Å². The lowest BCUT2D eigenvalue weighted by Crippen LogP contribution is -2.39. The second-order valence-electron chi connectivity index (χ2n) is 4.15. The van der Waals surface area contributed by atoms with Gasteiger partial charge in [-0.2, -0.15) is 13.2 Å². The Labute approximate surface area is 109 Å². The van der Waals surface area contributed by atoms with E-state index in [1.54, 1.807) is 12.1 Å². The number of benzene rings is 1. The molecule has 0 radical (unpaired) electrons. The monoisotopic (exact) mass is 275 g/mol. The van der Waals surface area contributed by atoms with Crippen molar-refractivity contribution < 1.29 is 22.7 Å². The van der Waals surface area contributed by atoms with Gasteiger partial charge < -0.3 is 10.5 Å². The van der Waals surface area contributed by atoms with Crippen LogP contribution in [0.1, 0.15) is 30.1 Å². The summed E-state index contributed by atoms with van der Waals surface area (Å²) in [4.78, 5) is 11.6. The molecule has 0 heterocycles. The fourth-order valence-corrected chi connectivity index (χ4v) is 1.39. The van der Waals surface area contributed by atoms with Gasteiger partial charge in [-0.1, -0.05) is 6.92 Å². The van der Waals surface area contributed by atoms with Crippen molar-refractivity contribution in [2.24, 2.45) is 5.73 Å². The molecule has 19 heavy (non-hydrogen) atoms. The van der Waals surface area contributed by atoms with E-state index in [0.29, 0.717) is 12.4 Å². The number of halogens is 3. The molecule has 0 saturated heterocycles. The molecule has 0 fully saturated rings. The number of Topliss-reactive ketones (excluding diaryl/α,β-unsaturated/α-hetero) is 1. The third-order valence-electron chi connectivity index (χ3n) is 2.47. The van der Waals surface area contributed by atoms with Crippen molar-refractivity contribution in [3.8, 4) is 5.75 Å². The average molecular weight is 275 g/mol. The van der Waals surface area contributed by atoms with Gasteiger partial charge in [-0.15, -0.1) is 0 Å². The Morgan fingerprint density at radius 3 is 2.37 bits per heavy atom. The van der Waals surface area contributed by atoms with Gasteiger partial charge in [0.15, 0.2) is 5.78 Å². The van der Waals surface area contributed by atoms with Crippen LogP contribution in [-0.4, -0.2) is 24.6 Å². The van der Waals surface area contributed by atoms with Gasteiger partial charge in [0.1, 0.15) is 11.8 Å². The third-order valence-corrected chi connectivity index (χ3v) is 2.47. The summed E-state index contributed by atoms with van der Waals surface area (Å²) in [5.41, 5.74) is 5.11. The largest absolute Gasteiger partial charge is 0.494 e. The summed E-state index contributed by atoms with van der Waals surface area (Å²) >= 11 is 0. The lowest BCUT2D eigenvalue weighted by Gasteiger charge is -2.14. The standard InChI is InChI=1S/C13H16F3NO2/c1-2-7-19-10-5-3-9(4-6-10)11(18)8-12(17)13(14,15)16/h3-6,12H,2,7-8,17H2,1H3. The molecule has 0 aliphatic carbocycles. The van der Waals surface area contributed by atoms with Gasteiger partial charge in [0, 0.05) is 12.0 Å². The highest BCUT2D eigenvalue weighted by Crippen LogP contribution is 2.22. The van der Waals surface area contributed by atoms with Crippen LogP contribution in [0.3, 0.4) is 0 Å². The van der Waals surface area contributed by atoms with Crippen molar-refractivity contribution >= 4 is 5.78 Å². The Morgan fingerprint density at radius 2 is 1.89 bits per heavy atom. The van der Waals surface area contributed by atoms with E-state index in [1.807, 2.05) is 6.92 Å². The molecule has 0 amide bonds. The maximum atomic E-state index is 12.2. The summed E-state index contributed by atoms with van der Waals surface area (Å²) in [6.07, 6.45) is -4.46. The van der Waals surface area contributed by atoms with Crippen LogP contribution < -0.4 is 10.5 Å². The average Bonchev–Trinajstić information content (AvgIpc) is 2.35. The molecule has 6 heteroatoms. The second-order valence-corrected chi connectivity index (χ2v) is 4.15. The zero-order valence-corrected chi connectivity index (χ0v) is 10.5. The molecule has 1 aromatic carbocycles. The highest BCUT2D eigenvalue weighted by molar-refractivity contribution is 5.96. The summed E-state index contributed by atoms with van der Waals surface area (Å²) in [7, 11) is 0. The van der Waals surface area contributed by atoms with Crippen molar-refractivity contribution in [1.29, 1.82) is 0 Å². The Morgan fingerprint density at radius 1 is 1.32 bits per heavy atom. The Balaban J connectivity index is 2.63. The molecule has 1 atom stereocenters. The minimum atomic E-state index is -4.56. The van der Waals surface area contributed by atoms with Gasteiger partial charge >= 0.3 is 6.18 Å². The number of alkyl halides is 3. The summed E-state index contributed by atoms with van der Waals surface area (Å²) in [6.45, 7) is 2.50. The molecule has 1 unspecified atom stereocenters. The van der Waals surface area contributed by atoms with E-state index >= 15 is 0 Å². The highest BCUT2D eigenvalue weighted by atomic mass is 19.4. The summed E-state index contributed by atoms with van der Waals surface area (Å²) in [6, 6.07) is 3.87. The first-order valence-corrected chi connectivity index (χ1v) is 5.93. The first-order valence-electron chi connectivity index (χ1n) is 5.93. The highest BCUT2D eigenvalue weighted by Gasteiger charge is 2.37. The molecule has 1 rings (SSSR count). The minimum absolute atomic E-state index is 0.198. The first-order chi connectivity index (χ1) is 8.84. The lowest BCUT2D eigenvalue weighted by molar-refractivity contribution is -0.146. The van der Waals surface area contributed by atoms with Crippen LogP contribution in [-0.2, 0) is 0 Å². The van der Waals surface area contributed by atoms with Crippen LogP contribution in [0.5, 0.6) is 5.75 Å². The summed E-state index contributed by atoms with van der Waals surface area (Å²) in [5.74, 6) is -0.0506. The van der Waals surface area contributed by atoms with Crippen molar-refractivity contribution in [2.75, 3.05) is 6.61 Å². The number of ketones is 1. The Bertz CT molecular complexity index is 415. The quantitative estimate of drug-likeness (QED) is 0.812. The molecule has 1 aromatic rings. The normalized spacial score (nSPS) is 13.1. The van der Waals surface area contributed by atoms with E-state index in [-0.39, 0.29) is 5.56 Å². The number of carbonyl (C=O) groups excluding carboxylic acids is 1. The SMILES string of the molecule is CCCOc1ccc(C(=O)CC(N)C(F)(F)F)cc1. The number of carbonyl (C=O) groups is 1. The Hall–Kier alpha value is -1.56. The van der Waals surface area contributed by atoms with Crippen molar-refractivity contribution in [2.45, 2.75) is 32.0 Å². The molecule has 0 aliphatic heterocycles. The van der Waals surface area contributed by atoms with Gasteiger partial charge in [0.25, 0.3) is 0 Å². The van der Waals surface area contributed by atoms with Crippen molar-refractivity contribution in [1.82, 2.24) is 0 Å². The molecule has 0 saturated carbocycles. The third kappa shape index (κ3) is 4.90. The van der Waals surface area contributed by atoms with E-state index < -0.39 is 24.4 Å². The van der Waals surface area contributed by atoms with Gasteiger partial charge in [0.05, 0.1) is 6.61 Å². The minimum Gasteiger partial charge on any atom is -0.494 e. The topological polar surface area (TPSA) is 52.3 Å². The van der Waals surface area contributed by atoms with Crippen LogP contribution in [0.2, 0.25) is 0 Å². The molecule has 106 valence electrons. The second kappa shape index (κ2) is 6.56. The lowest BCUT2D eigenvalue weighted by atomic mass is 10.0. The number of nitrogens with two attached hydrogens (primary N) is 1. The van der Waals surface area contributed by atoms with Gasteiger partial charge in [-0.25, -0.2) is 0 Å². The Kier molecular flexibility index (Phi) is 5.35. The van der Waals surface area contributed by atoms with Gasteiger partial charge in [-0.05, 0) is 30.7 Å². The predicted molar refractivity (Wildman–Crippen MR) is 65.2 cm³/mol. The molecular weight excluding hydrogens is 259 g/mol. The number of ether oxygens (including phenoxy) is 1. The van der Waals surface area contributed by atoms with Gasteiger partial charge in [0.2, 0.25) is 0 Å². The molecule has 0 aromatic heterocycles. The zero-order chi connectivity index (χ0) is 14.5. The van der Waals surface area contributed by atoms with Crippen LogP contribution in [0.4, 0.5) is 13.2 Å². The van der Waals surface area contributed by atoms with Crippen LogP contribution in [0.25, 0.3) is 0 Å². The van der Waals surface area contributed by atoms with Gasteiger partial charge in [-0.3, -0.25) is 4.79 Å². The summed E-state index contributed by atoms with van der Waals surface area (Å²) < 4.78 is 42.0. The number of rotatable bonds is 6. The maximum Gasteiger partial charge on any atom is 0.404 e. The van der Waals surface area contributed by atoms with Crippen molar-refractivity contribution in [3.05, 3.63) is 29.8 Å². The smallest absolute Gasteiger partial charge is 0.404 e. The maximum absolute atomic E-state index is 12.2. The number of hydrogen-bond acceptors (Lipinski definition) is 3. The molecule has 3 nitrogen and oxygen atoms in total. The van der Waals surface area contributed by atoms with E-state index in [0.717, 1.165) is 6.42 Å². The zero-order valence-electron chi connectivity index (χ0n) is 10.5. The molecule has 0 aliphatic rings. The van der Waals surface area contributed by atoms with E-state index in [9.17, 15) is 18.0 Å². The predicted octanol–water partition coefficient (Wildman–Crippen LogP) is 2.94. The van der Waals surface area contributed by atoms with E-state index in [2.05, 4.69) is 0 Å². The molecular formula is C13H16F3NO2. The molecule has 0 bridgehead atoms. The fourth-order valence-electron chi connectivity index (χ4n) is 1.39. The first kappa shape index (κ1) is 15.5. The van der Waals surface area contributed by atoms with E-state index in [1.165, 1.54) is 12.1 Å². The van der Waals surface area contributed by atoms with Crippen LogP contribution >= 0.6 is 0 Å². The van der Waals surface area contributed by atoms with Crippen LogP contribution in [0, 0.1) is 0 Å². The van der Waals surface area contributed by atoms with E-state index in [4.69, 9.17) is 10.5 Å². The number of hydrogen-bond donors (Lipinski definition) is 1.